The molecule has 4 nitrogen and oxygen atoms in total. The lowest BCUT2D eigenvalue weighted by molar-refractivity contribution is 0.277. The Morgan fingerprint density at radius 1 is 1.25 bits per heavy atom. The van der Waals surface area contributed by atoms with Crippen molar-refractivity contribution in [3.8, 4) is 16.9 Å². The maximum atomic E-state index is 9.48. The zero-order valence-electron chi connectivity index (χ0n) is 12.3. The van der Waals surface area contributed by atoms with Crippen LogP contribution in [0.2, 0.25) is 0 Å². The van der Waals surface area contributed by atoms with Crippen LogP contribution in [0.5, 0.6) is 5.75 Å². The molecule has 1 N–H and O–H groups in total. The van der Waals surface area contributed by atoms with E-state index in [0.29, 0.717) is 17.4 Å². The first-order chi connectivity index (χ1) is 9.56. The molecular formula is C16H20N2O2. The lowest BCUT2D eigenvalue weighted by atomic mass is 9.97. The van der Waals surface area contributed by atoms with E-state index in [4.69, 9.17) is 4.74 Å². The fourth-order valence-electron chi connectivity index (χ4n) is 2.15. The maximum Gasteiger partial charge on any atom is 0.127 e. The number of aliphatic hydroxyl groups is 1. The van der Waals surface area contributed by atoms with Crippen molar-refractivity contribution in [3.63, 3.8) is 0 Å². The Morgan fingerprint density at radius 2 is 2.00 bits per heavy atom. The standard InChI is InChI=1S/C16H20N2O2/c1-10(2)12-5-6-13(16(7-12)20-4)14-8-17-11(3)18-15(14)9-19/h5-8,10,19H,9H2,1-4H3. The highest BCUT2D eigenvalue weighted by Gasteiger charge is 2.13. The van der Waals surface area contributed by atoms with E-state index in [1.807, 2.05) is 19.1 Å². The van der Waals surface area contributed by atoms with Crippen LogP contribution in [0, 0.1) is 6.92 Å². The summed E-state index contributed by atoms with van der Waals surface area (Å²) in [5.74, 6) is 1.86. The average molecular weight is 272 g/mol. The summed E-state index contributed by atoms with van der Waals surface area (Å²) in [5, 5.41) is 9.48. The molecule has 0 aliphatic heterocycles. The molecule has 1 heterocycles. The van der Waals surface area contributed by atoms with Gasteiger partial charge in [-0.1, -0.05) is 26.0 Å². The Bertz CT molecular complexity index is 609. The molecule has 2 rings (SSSR count). The number of aliphatic hydroxyl groups excluding tert-OH is 1. The Labute approximate surface area is 119 Å². The molecular weight excluding hydrogens is 252 g/mol. The van der Waals surface area contributed by atoms with Crippen LogP contribution < -0.4 is 4.74 Å². The minimum Gasteiger partial charge on any atom is -0.496 e. The number of rotatable bonds is 4. The largest absolute Gasteiger partial charge is 0.496 e. The van der Waals surface area contributed by atoms with Crippen molar-refractivity contribution in [2.75, 3.05) is 7.11 Å². The molecule has 0 radical (unpaired) electrons. The number of ether oxygens (including phenoxy) is 1. The fraction of sp³-hybridized carbons (Fsp3) is 0.375. The first-order valence-corrected chi connectivity index (χ1v) is 6.68. The molecule has 0 fully saturated rings. The van der Waals surface area contributed by atoms with Crippen molar-refractivity contribution < 1.29 is 9.84 Å². The summed E-state index contributed by atoms with van der Waals surface area (Å²) >= 11 is 0. The molecule has 0 saturated carbocycles. The SMILES string of the molecule is COc1cc(C(C)C)ccc1-c1cnc(C)nc1CO. The van der Waals surface area contributed by atoms with Gasteiger partial charge in [-0.3, -0.25) is 0 Å². The number of hydrogen-bond acceptors (Lipinski definition) is 4. The second-order valence-corrected chi connectivity index (χ2v) is 5.05. The van der Waals surface area contributed by atoms with Gasteiger partial charge in [-0.05, 0) is 24.5 Å². The summed E-state index contributed by atoms with van der Waals surface area (Å²) in [6.07, 6.45) is 1.74. The van der Waals surface area contributed by atoms with Crippen LogP contribution in [-0.2, 0) is 6.61 Å². The van der Waals surface area contributed by atoms with Gasteiger partial charge >= 0.3 is 0 Å². The number of aromatic nitrogens is 2. The van der Waals surface area contributed by atoms with Crippen LogP contribution in [0.15, 0.2) is 24.4 Å². The van der Waals surface area contributed by atoms with Gasteiger partial charge < -0.3 is 9.84 Å². The third-order valence-electron chi connectivity index (χ3n) is 3.32. The predicted octanol–water partition coefficient (Wildman–Crippen LogP) is 3.08. The van der Waals surface area contributed by atoms with Crippen molar-refractivity contribution >= 4 is 0 Å². The van der Waals surface area contributed by atoms with Gasteiger partial charge in [0, 0.05) is 17.3 Å². The topological polar surface area (TPSA) is 55.2 Å². The van der Waals surface area contributed by atoms with E-state index in [9.17, 15) is 5.11 Å². The molecule has 1 aromatic heterocycles. The molecule has 0 aliphatic rings. The number of nitrogens with zero attached hydrogens (tertiary/aromatic N) is 2. The van der Waals surface area contributed by atoms with Gasteiger partial charge in [0.2, 0.25) is 0 Å². The number of methoxy groups -OCH3 is 1. The monoisotopic (exact) mass is 272 g/mol. The molecule has 0 saturated heterocycles. The van der Waals surface area contributed by atoms with Crippen LogP contribution >= 0.6 is 0 Å². The molecule has 0 spiro atoms. The second kappa shape index (κ2) is 6.01. The van der Waals surface area contributed by atoms with E-state index in [1.165, 1.54) is 5.56 Å². The van der Waals surface area contributed by atoms with Gasteiger partial charge in [0.25, 0.3) is 0 Å². The third-order valence-corrected chi connectivity index (χ3v) is 3.32. The summed E-state index contributed by atoms with van der Waals surface area (Å²) in [5.41, 5.74) is 3.54. The number of hydrogen-bond donors (Lipinski definition) is 1. The van der Waals surface area contributed by atoms with E-state index in [-0.39, 0.29) is 6.61 Å². The maximum absolute atomic E-state index is 9.48. The van der Waals surface area contributed by atoms with Crippen LogP contribution in [0.3, 0.4) is 0 Å². The Hall–Kier alpha value is -1.94. The van der Waals surface area contributed by atoms with Gasteiger partial charge in [-0.15, -0.1) is 0 Å². The first-order valence-electron chi connectivity index (χ1n) is 6.68. The second-order valence-electron chi connectivity index (χ2n) is 5.05. The van der Waals surface area contributed by atoms with Crippen LogP contribution in [-0.4, -0.2) is 22.2 Å². The zero-order valence-corrected chi connectivity index (χ0v) is 12.3. The quantitative estimate of drug-likeness (QED) is 0.929. The van der Waals surface area contributed by atoms with E-state index in [0.717, 1.165) is 16.9 Å². The molecule has 0 bridgehead atoms. The van der Waals surface area contributed by atoms with Gasteiger partial charge in [0.1, 0.15) is 11.6 Å². The van der Waals surface area contributed by atoms with Crippen molar-refractivity contribution in [2.24, 2.45) is 0 Å². The highest BCUT2D eigenvalue weighted by atomic mass is 16.5. The molecule has 0 atom stereocenters. The highest BCUT2D eigenvalue weighted by molar-refractivity contribution is 5.72. The lowest BCUT2D eigenvalue weighted by Crippen LogP contribution is -2.00. The zero-order chi connectivity index (χ0) is 14.7. The summed E-state index contributed by atoms with van der Waals surface area (Å²) in [7, 11) is 1.65. The summed E-state index contributed by atoms with van der Waals surface area (Å²) in [6, 6.07) is 6.10. The Balaban J connectivity index is 2.57. The summed E-state index contributed by atoms with van der Waals surface area (Å²) in [6.45, 7) is 5.97. The Kier molecular flexibility index (Phi) is 4.35. The molecule has 20 heavy (non-hydrogen) atoms. The average Bonchev–Trinajstić information content (AvgIpc) is 2.46. The van der Waals surface area contributed by atoms with Crippen LogP contribution in [0.25, 0.3) is 11.1 Å². The third kappa shape index (κ3) is 2.80. The lowest BCUT2D eigenvalue weighted by Gasteiger charge is -2.14. The molecule has 106 valence electrons. The fourth-order valence-corrected chi connectivity index (χ4v) is 2.15. The minimum absolute atomic E-state index is 0.117. The van der Waals surface area contributed by atoms with Crippen molar-refractivity contribution in [1.29, 1.82) is 0 Å². The van der Waals surface area contributed by atoms with Crippen molar-refractivity contribution in [1.82, 2.24) is 9.97 Å². The molecule has 1 aromatic carbocycles. The van der Waals surface area contributed by atoms with E-state index < -0.39 is 0 Å². The summed E-state index contributed by atoms with van der Waals surface area (Å²) in [4.78, 5) is 8.50. The minimum atomic E-state index is -0.117. The highest BCUT2D eigenvalue weighted by Crippen LogP contribution is 2.34. The first kappa shape index (κ1) is 14.5. The van der Waals surface area contributed by atoms with Gasteiger partial charge in [0.05, 0.1) is 19.4 Å². The normalized spacial score (nSPS) is 10.9. The number of aryl methyl sites for hydroxylation is 1. The van der Waals surface area contributed by atoms with E-state index in [2.05, 4.69) is 29.9 Å². The number of benzene rings is 1. The van der Waals surface area contributed by atoms with Crippen molar-refractivity contribution in [2.45, 2.75) is 33.3 Å². The van der Waals surface area contributed by atoms with Crippen LogP contribution in [0.4, 0.5) is 0 Å². The molecule has 0 unspecified atom stereocenters. The van der Waals surface area contributed by atoms with Gasteiger partial charge in [0.15, 0.2) is 0 Å². The molecule has 0 amide bonds. The van der Waals surface area contributed by atoms with Crippen molar-refractivity contribution in [3.05, 3.63) is 41.5 Å². The van der Waals surface area contributed by atoms with Gasteiger partial charge in [-0.2, -0.15) is 0 Å². The predicted molar refractivity (Wildman–Crippen MR) is 78.8 cm³/mol. The smallest absolute Gasteiger partial charge is 0.127 e. The molecule has 2 aromatic rings. The van der Waals surface area contributed by atoms with Crippen LogP contribution in [0.1, 0.15) is 36.8 Å². The summed E-state index contributed by atoms with van der Waals surface area (Å²) < 4.78 is 5.48. The molecule has 4 heteroatoms. The van der Waals surface area contributed by atoms with E-state index >= 15 is 0 Å². The van der Waals surface area contributed by atoms with Gasteiger partial charge in [-0.25, -0.2) is 9.97 Å². The van der Waals surface area contributed by atoms with E-state index in [1.54, 1.807) is 13.3 Å². The molecule has 0 aliphatic carbocycles. The Morgan fingerprint density at radius 3 is 2.60 bits per heavy atom.